The van der Waals surface area contributed by atoms with E-state index in [0.29, 0.717) is 14.7 Å². The zero-order valence-electron chi connectivity index (χ0n) is 17.9. The summed E-state index contributed by atoms with van der Waals surface area (Å²) in [4.78, 5) is 40.2. The lowest BCUT2D eigenvalue weighted by atomic mass is 9.57. The van der Waals surface area contributed by atoms with Crippen molar-refractivity contribution in [1.29, 1.82) is 0 Å². The zero-order chi connectivity index (χ0) is 24.6. The first kappa shape index (κ1) is 23.7. The molecule has 33 heavy (non-hydrogen) atoms. The molecule has 0 aromatic heterocycles. The van der Waals surface area contributed by atoms with Crippen LogP contribution in [0.3, 0.4) is 0 Å². The van der Waals surface area contributed by atoms with E-state index in [4.69, 9.17) is 11.5 Å². The van der Waals surface area contributed by atoms with Gasteiger partial charge in [-0.05, 0) is 72.6 Å². The Morgan fingerprint density at radius 2 is 1.91 bits per heavy atom. The molecule has 0 heterocycles. The van der Waals surface area contributed by atoms with Gasteiger partial charge in [-0.2, -0.15) is 0 Å². The number of phenolic OH excluding ortho intramolecular Hbond substituents is 1. The van der Waals surface area contributed by atoms with Gasteiger partial charge in [0, 0.05) is 18.0 Å². The van der Waals surface area contributed by atoms with Gasteiger partial charge in [0.05, 0.1) is 15.2 Å². The Morgan fingerprint density at radius 1 is 1.27 bits per heavy atom. The molecule has 0 saturated heterocycles. The van der Waals surface area contributed by atoms with Crippen LogP contribution in [0.5, 0.6) is 5.75 Å². The first-order chi connectivity index (χ1) is 15.4. The first-order valence-electron chi connectivity index (χ1n) is 10.3. The van der Waals surface area contributed by atoms with Crippen LogP contribution in [0, 0.1) is 15.4 Å². The maximum atomic E-state index is 13.7. The summed E-state index contributed by atoms with van der Waals surface area (Å²) in [6.45, 7) is 0.138. The SMILES string of the molecule is CN(C)[C@@H]1C(=O)C(C(N)=O)=C(O)[C@@]2(O)C(=O)C3=C(O)c4c(O)c(I)cc(CN)c4C[C@H]3C[C@@H]12. The summed E-state index contributed by atoms with van der Waals surface area (Å²) in [5.41, 5.74) is 8.86. The highest BCUT2D eigenvalue weighted by atomic mass is 127. The van der Waals surface area contributed by atoms with Crippen molar-refractivity contribution in [1.82, 2.24) is 4.90 Å². The Kier molecular flexibility index (Phi) is 5.59. The van der Waals surface area contributed by atoms with Crippen molar-refractivity contribution >= 4 is 45.8 Å². The van der Waals surface area contributed by atoms with E-state index in [1.54, 1.807) is 20.2 Å². The largest absolute Gasteiger partial charge is 0.508 e. The maximum Gasteiger partial charge on any atom is 0.255 e. The summed E-state index contributed by atoms with van der Waals surface area (Å²) < 4.78 is 0.423. The fourth-order valence-electron chi connectivity index (χ4n) is 5.53. The lowest BCUT2D eigenvalue weighted by Gasteiger charge is -2.50. The highest BCUT2D eigenvalue weighted by Crippen LogP contribution is 2.53. The molecule has 4 atom stereocenters. The van der Waals surface area contributed by atoms with E-state index in [1.165, 1.54) is 4.90 Å². The van der Waals surface area contributed by atoms with Crippen molar-refractivity contribution < 1.29 is 34.8 Å². The number of nitrogens with two attached hydrogens (primary N) is 2. The molecule has 8 N–H and O–H groups in total. The quantitative estimate of drug-likeness (QED) is 0.216. The molecular weight excluding hydrogens is 545 g/mol. The summed E-state index contributed by atoms with van der Waals surface area (Å²) in [5, 5.41) is 44.1. The molecule has 1 fully saturated rings. The Hall–Kier alpha value is -2.48. The minimum atomic E-state index is -2.64. The second kappa shape index (κ2) is 7.79. The fraction of sp³-hybridized carbons (Fsp3) is 0.409. The van der Waals surface area contributed by atoms with Crippen LogP contribution < -0.4 is 11.5 Å². The molecule has 1 amide bonds. The molecule has 176 valence electrons. The number of amides is 1. The molecule has 0 unspecified atom stereocenters. The van der Waals surface area contributed by atoms with Crippen molar-refractivity contribution in [3.05, 3.63) is 43.2 Å². The van der Waals surface area contributed by atoms with E-state index in [1.807, 2.05) is 22.6 Å². The minimum Gasteiger partial charge on any atom is -0.508 e. The number of ketones is 2. The molecule has 3 aliphatic carbocycles. The number of fused-ring (bicyclic) bond motifs is 3. The van der Waals surface area contributed by atoms with E-state index < -0.39 is 58.0 Å². The third-order valence-corrected chi connectivity index (χ3v) is 7.81. The van der Waals surface area contributed by atoms with Crippen LogP contribution in [-0.4, -0.2) is 68.5 Å². The number of hydrogen-bond acceptors (Lipinski definition) is 9. The van der Waals surface area contributed by atoms with Crippen molar-refractivity contribution in [2.75, 3.05) is 14.1 Å². The van der Waals surface area contributed by atoms with Gasteiger partial charge >= 0.3 is 0 Å². The van der Waals surface area contributed by atoms with Crippen molar-refractivity contribution in [2.24, 2.45) is 23.3 Å². The van der Waals surface area contributed by atoms with Crippen LogP contribution in [0.2, 0.25) is 0 Å². The molecule has 1 saturated carbocycles. The summed E-state index contributed by atoms with van der Waals surface area (Å²) in [7, 11) is 3.11. The number of hydrogen-bond donors (Lipinski definition) is 6. The van der Waals surface area contributed by atoms with Crippen LogP contribution in [0.15, 0.2) is 23.0 Å². The molecule has 3 aliphatic rings. The van der Waals surface area contributed by atoms with Gasteiger partial charge in [0.25, 0.3) is 5.91 Å². The Balaban J connectivity index is 2.00. The number of halogens is 1. The number of phenols is 1. The zero-order valence-corrected chi connectivity index (χ0v) is 20.1. The molecule has 0 spiro atoms. The predicted octanol–water partition coefficient (Wildman–Crippen LogP) is 0.0273. The van der Waals surface area contributed by atoms with Crippen LogP contribution in [-0.2, 0) is 27.3 Å². The van der Waals surface area contributed by atoms with Gasteiger partial charge in [-0.3, -0.25) is 19.3 Å². The van der Waals surface area contributed by atoms with Gasteiger partial charge in [-0.15, -0.1) is 0 Å². The number of Topliss-reactive ketones (excluding diaryl/α,β-unsaturated/α-hetero) is 2. The average molecular weight is 569 g/mol. The standard InChI is InChI=1S/C22H24IN3O7/c1-26(2)15-10-4-7-3-9-8(6-24)5-11(23)16(27)13(9)17(28)12(7)19(30)22(10,33)20(31)14(18(15)29)21(25)32/h5,7,10,15,27-28,31,33H,3-4,6,24H2,1-2H3,(H2,25,32)/t7-,10-,15-,22-/m0/s1. The number of benzene rings is 1. The lowest BCUT2D eigenvalue weighted by Crippen LogP contribution is -2.65. The van der Waals surface area contributed by atoms with Crippen LogP contribution >= 0.6 is 22.6 Å². The van der Waals surface area contributed by atoms with Crippen LogP contribution in [0.4, 0.5) is 0 Å². The summed E-state index contributed by atoms with van der Waals surface area (Å²) in [6.07, 6.45) is 0.272. The van der Waals surface area contributed by atoms with Gasteiger partial charge in [0.15, 0.2) is 11.4 Å². The minimum absolute atomic E-state index is 0.0442. The van der Waals surface area contributed by atoms with E-state index in [0.717, 1.165) is 0 Å². The number of rotatable bonds is 3. The van der Waals surface area contributed by atoms with Gasteiger partial charge in [0.1, 0.15) is 22.8 Å². The normalized spacial score (nSPS) is 29.2. The Bertz CT molecular complexity index is 1190. The topological polar surface area (TPSA) is 187 Å². The molecule has 4 rings (SSSR count). The van der Waals surface area contributed by atoms with Gasteiger partial charge in [-0.25, -0.2) is 0 Å². The number of nitrogens with zero attached hydrogens (tertiary/aromatic N) is 1. The molecule has 0 radical (unpaired) electrons. The number of carbonyl (C=O) groups excluding carboxylic acids is 3. The predicted molar refractivity (Wildman–Crippen MR) is 125 cm³/mol. The molecular formula is C22H24IN3O7. The van der Waals surface area contributed by atoms with Crippen LogP contribution in [0.25, 0.3) is 5.76 Å². The summed E-state index contributed by atoms with van der Waals surface area (Å²) >= 11 is 1.88. The number of aliphatic hydroxyl groups is 3. The average Bonchev–Trinajstić information content (AvgIpc) is 2.72. The van der Waals surface area contributed by atoms with Crippen LogP contribution in [0.1, 0.15) is 23.1 Å². The number of aromatic hydroxyl groups is 1. The van der Waals surface area contributed by atoms with E-state index >= 15 is 0 Å². The second-order valence-electron chi connectivity index (χ2n) is 8.89. The Morgan fingerprint density at radius 3 is 2.45 bits per heavy atom. The Labute approximate surface area is 202 Å². The number of likely N-dealkylation sites (N-methyl/N-ethyl adjacent to an activating group) is 1. The molecule has 0 aliphatic heterocycles. The second-order valence-corrected chi connectivity index (χ2v) is 10.0. The van der Waals surface area contributed by atoms with Crippen molar-refractivity contribution in [3.63, 3.8) is 0 Å². The van der Waals surface area contributed by atoms with Gasteiger partial charge in [0.2, 0.25) is 5.78 Å². The summed E-state index contributed by atoms with van der Waals surface area (Å²) in [6, 6.07) is 0.593. The highest BCUT2D eigenvalue weighted by Gasteiger charge is 2.64. The van der Waals surface area contributed by atoms with Crippen molar-refractivity contribution in [2.45, 2.75) is 31.0 Å². The third kappa shape index (κ3) is 3.06. The third-order valence-electron chi connectivity index (χ3n) is 6.99. The molecule has 11 heteroatoms. The van der Waals surface area contributed by atoms with Crippen molar-refractivity contribution in [3.8, 4) is 5.75 Å². The first-order valence-corrected chi connectivity index (χ1v) is 11.3. The van der Waals surface area contributed by atoms with Gasteiger partial charge in [-0.1, -0.05) is 0 Å². The molecule has 10 nitrogen and oxygen atoms in total. The molecule has 1 aromatic rings. The van der Waals surface area contributed by atoms with E-state index in [2.05, 4.69) is 0 Å². The van der Waals surface area contributed by atoms with E-state index in [9.17, 15) is 34.8 Å². The lowest BCUT2D eigenvalue weighted by molar-refractivity contribution is -0.153. The smallest absolute Gasteiger partial charge is 0.255 e. The fourth-order valence-corrected chi connectivity index (χ4v) is 6.18. The molecule has 1 aromatic carbocycles. The molecule has 0 bridgehead atoms. The monoisotopic (exact) mass is 569 g/mol. The number of aliphatic hydroxyl groups excluding tert-OH is 2. The highest BCUT2D eigenvalue weighted by molar-refractivity contribution is 14.1. The van der Waals surface area contributed by atoms with Gasteiger partial charge < -0.3 is 31.9 Å². The number of primary amides is 1. The van der Waals surface area contributed by atoms with E-state index in [-0.39, 0.29) is 36.3 Å². The number of carbonyl (C=O) groups is 3. The summed E-state index contributed by atoms with van der Waals surface area (Å²) in [5.74, 6) is -6.64. The maximum absolute atomic E-state index is 13.7.